The molecule has 0 aromatic heterocycles. The molecule has 0 spiro atoms. The number of carboxylic acids is 1. The molecular weight excluding hydrogens is 178 g/mol. The highest BCUT2D eigenvalue weighted by Gasteiger charge is 2.09. The minimum atomic E-state index is -0.749. The summed E-state index contributed by atoms with van der Waals surface area (Å²) >= 11 is 1.62. The van der Waals surface area contributed by atoms with E-state index < -0.39 is 5.97 Å². The molecule has 1 atom stereocenters. The molecule has 0 radical (unpaired) electrons. The third-order valence-corrected chi connectivity index (χ3v) is 2.64. The Labute approximate surface area is 76.5 Å². The highest BCUT2D eigenvalue weighted by molar-refractivity contribution is 7.99. The molecule has 0 bridgehead atoms. The van der Waals surface area contributed by atoms with E-state index in [-0.39, 0.29) is 12.6 Å². The fraction of sp³-hybridized carbons (Fsp3) is 0.875. The van der Waals surface area contributed by atoms with E-state index in [1.54, 1.807) is 18.7 Å². The van der Waals surface area contributed by atoms with Crippen molar-refractivity contribution in [3.8, 4) is 0 Å². The maximum absolute atomic E-state index is 11.6. The van der Waals surface area contributed by atoms with Crippen LogP contribution >= 0.6 is 11.8 Å². The molecule has 4 heteroatoms. The summed E-state index contributed by atoms with van der Waals surface area (Å²) in [6.07, 6.45) is 1.25. The third kappa shape index (κ3) is 6.46. The largest absolute Gasteiger partial charge is 0.481 e. The van der Waals surface area contributed by atoms with Gasteiger partial charge in [0.1, 0.15) is 0 Å². The quantitative estimate of drug-likeness (QED) is 0.630. The number of thioether (sulfide) groups is 1. The molecule has 0 aliphatic heterocycles. The predicted octanol–water partition coefficient (Wildman–Crippen LogP) is 2.19. The van der Waals surface area contributed by atoms with Gasteiger partial charge < -0.3 is 5.11 Å². The normalized spacial score (nSPS) is 12.8. The zero-order chi connectivity index (χ0) is 9.40. The second-order valence-electron chi connectivity index (χ2n) is 2.68. The van der Waals surface area contributed by atoms with Gasteiger partial charge in [-0.25, -0.2) is 0 Å². The van der Waals surface area contributed by atoms with Crippen LogP contribution in [0, 0.1) is 5.92 Å². The van der Waals surface area contributed by atoms with Crippen molar-refractivity contribution in [3.05, 3.63) is 0 Å². The van der Waals surface area contributed by atoms with Crippen molar-refractivity contribution in [3.63, 3.8) is 0 Å². The minimum Gasteiger partial charge on any atom is -0.481 e. The molecule has 0 aromatic carbocycles. The summed E-state index contributed by atoms with van der Waals surface area (Å²) in [5, 5.41) is 8.52. The van der Waals surface area contributed by atoms with Gasteiger partial charge >= 0.3 is 5.97 Å². The molecule has 0 fully saturated rings. The smallest absolute Gasteiger partial charge is 0.306 e. The van der Waals surface area contributed by atoms with Crippen LogP contribution in [-0.4, -0.2) is 29.3 Å². The molecule has 72 valence electrons. The van der Waals surface area contributed by atoms with Crippen LogP contribution < -0.4 is 0 Å². The zero-order valence-corrected chi connectivity index (χ0v) is 8.07. The monoisotopic (exact) mass is 193 g/mol. The van der Waals surface area contributed by atoms with Crippen LogP contribution in [-0.2, 0) is 4.79 Å². The van der Waals surface area contributed by atoms with Gasteiger partial charge in [0.05, 0.1) is 12.6 Å². The molecule has 0 saturated heterocycles. The fourth-order valence-corrected chi connectivity index (χ4v) is 1.68. The van der Waals surface area contributed by atoms with Crippen molar-refractivity contribution < 1.29 is 14.3 Å². The van der Waals surface area contributed by atoms with Crippen molar-refractivity contribution in [2.75, 3.05) is 18.2 Å². The summed E-state index contributed by atoms with van der Waals surface area (Å²) in [4.78, 5) is 10.3. The average molecular weight is 193 g/mol. The zero-order valence-electron chi connectivity index (χ0n) is 7.25. The fourth-order valence-electron chi connectivity index (χ4n) is 0.642. The Morgan fingerprint density at radius 3 is 2.75 bits per heavy atom. The molecule has 2 nitrogen and oxygen atoms in total. The first-order valence-corrected chi connectivity index (χ1v) is 5.20. The minimum absolute atomic E-state index is 0.275. The lowest BCUT2D eigenvalue weighted by Gasteiger charge is -2.04. The molecule has 0 aromatic rings. The molecule has 1 unspecified atom stereocenters. The molecule has 0 rings (SSSR count). The van der Waals surface area contributed by atoms with Crippen molar-refractivity contribution in [2.45, 2.75) is 19.8 Å². The van der Waals surface area contributed by atoms with Gasteiger partial charge in [-0.1, -0.05) is 6.92 Å². The van der Waals surface area contributed by atoms with E-state index in [0.717, 1.165) is 11.5 Å². The van der Waals surface area contributed by atoms with Crippen molar-refractivity contribution in [1.82, 2.24) is 0 Å². The van der Waals surface area contributed by atoms with Gasteiger partial charge in [-0.15, -0.1) is 0 Å². The first-order chi connectivity index (χ1) is 5.68. The first kappa shape index (κ1) is 11.8. The molecule has 0 heterocycles. The summed E-state index contributed by atoms with van der Waals surface area (Å²) in [6.45, 7) is 1.42. The lowest BCUT2D eigenvalue weighted by Crippen LogP contribution is -2.10. The number of carbonyl (C=O) groups is 1. The van der Waals surface area contributed by atoms with Crippen molar-refractivity contribution in [2.24, 2.45) is 5.92 Å². The second-order valence-corrected chi connectivity index (χ2v) is 3.91. The van der Waals surface area contributed by atoms with Gasteiger partial charge in [0.25, 0.3) is 0 Å². The van der Waals surface area contributed by atoms with Crippen LogP contribution in [0.15, 0.2) is 0 Å². The number of hydrogen-bond acceptors (Lipinski definition) is 2. The number of halogens is 1. The van der Waals surface area contributed by atoms with Crippen molar-refractivity contribution in [1.29, 1.82) is 0 Å². The number of alkyl halides is 1. The SMILES string of the molecule is CC(CCSCCC[18F])C(=O)O. The summed E-state index contributed by atoms with van der Waals surface area (Å²) in [6, 6.07) is 0. The molecule has 0 aliphatic carbocycles. The van der Waals surface area contributed by atoms with E-state index in [1.165, 1.54) is 0 Å². The molecule has 0 amide bonds. The Morgan fingerprint density at radius 2 is 2.25 bits per heavy atom. The molecule has 12 heavy (non-hydrogen) atoms. The Hall–Kier alpha value is -0.250. The van der Waals surface area contributed by atoms with Crippen LogP contribution in [0.3, 0.4) is 0 Å². The summed E-state index contributed by atoms with van der Waals surface area (Å²) in [5.74, 6) is 0.583. The molecule has 0 aliphatic rings. The van der Waals surface area contributed by atoms with Crippen LogP contribution in [0.2, 0.25) is 0 Å². The maximum atomic E-state index is 11.6. The lowest BCUT2D eigenvalue weighted by molar-refractivity contribution is -0.141. The number of rotatable bonds is 7. The van der Waals surface area contributed by atoms with E-state index in [1.807, 2.05) is 0 Å². The van der Waals surface area contributed by atoms with E-state index in [4.69, 9.17) is 5.11 Å². The third-order valence-electron chi connectivity index (χ3n) is 1.54. The predicted molar refractivity (Wildman–Crippen MR) is 49.3 cm³/mol. The topological polar surface area (TPSA) is 37.3 Å². The van der Waals surface area contributed by atoms with Crippen LogP contribution in [0.4, 0.5) is 4.39 Å². The molecule has 0 saturated carbocycles. The van der Waals surface area contributed by atoms with E-state index in [2.05, 4.69) is 0 Å². The first-order valence-electron chi connectivity index (χ1n) is 4.05. The maximum Gasteiger partial charge on any atom is 0.306 e. The van der Waals surface area contributed by atoms with Crippen LogP contribution in [0.1, 0.15) is 19.8 Å². The average Bonchev–Trinajstić information content (AvgIpc) is 2.03. The summed E-state index contributed by atoms with van der Waals surface area (Å²) in [5.41, 5.74) is 0. The molecular formula is C8H15FO2S. The Balaban J connectivity index is 3.14. The van der Waals surface area contributed by atoms with Gasteiger partial charge in [0, 0.05) is 0 Å². The number of carboxylic acid groups (broad SMARTS) is 1. The van der Waals surface area contributed by atoms with E-state index in [0.29, 0.717) is 12.8 Å². The highest BCUT2D eigenvalue weighted by Crippen LogP contribution is 2.10. The lowest BCUT2D eigenvalue weighted by atomic mass is 10.1. The van der Waals surface area contributed by atoms with Gasteiger partial charge in [0.2, 0.25) is 0 Å². The summed E-state index contributed by atoms with van der Waals surface area (Å²) < 4.78 is 11.6. The number of hydrogen-bond donors (Lipinski definition) is 1. The van der Waals surface area contributed by atoms with Gasteiger partial charge in [-0.2, -0.15) is 11.8 Å². The van der Waals surface area contributed by atoms with Gasteiger partial charge in [0.15, 0.2) is 0 Å². The highest BCUT2D eigenvalue weighted by atomic mass is 32.2. The summed E-state index contributed by atoms with van der Waals surface area (Å²) in [7, 11) is 0. The van der Waals surface area contributed by atoms with Gasteiger partial charge in [-0.05, 0) is 24.3 Å². The molecule has 1 N–H and O–H groups in total. The van der Waals surface area contributed by atoms with Gasteiger partial charge in [-0.3, -0.25) is 9.18 Å². The van der Waals surface area contributed by atoms with E-state index in [9.17, 15) is 9.18 Å². The number of aliphatic carboxylic acids is 1. The van der Waals surface area contributed by atoms with E-state index >= 15 is 0 Å². The second kappa shape index (κ2) is 7.40. The Bertz CT molecular complexity index is 130. The Morgan fingerprint density at radius 1 is 1.58 bits per heavy atom. The van der Waals surface area contributed by atoms with Crippen molar-refractivity contribution >= 4 is 17.7 Å². The van der Waals surface area contributed by atoms with Crippen LogP contribution in [0.25, 0.3) is 0 Å². The van der Waals surface area contributed by atoms with Crippen LogP contribution in [0.5, 0.6) is 0 Å². The Kier molecular flexibility index (Phi) is 7.25. The standard InChI is InChI=1S/C8H15FO2S/c1-7(8(10)11)3-6-12-5-2-4-9/h7H,2-6H2,1H3,(H,10,11)/i9-1.